The van der Waals surface area contributed by atoms with Crippen molar-refractivity contribution >= 4 is 27.7 Å². The van der Waals surface area contributed by atoms with Gasteiger partial charge in [-0.2, -0.15) is 8.42 Å². The fourth-order valence-electron chi connectivity index (χ4n) is 5.44. The minimum absolute atomic E-state index is 0.187. The SMILES string of the molecule is CC(C)(F)C(C(=O)CNC(=O)Cn1c(-c2ccccc2)ccc(NS(=O)(=O)O)c1=O)(C(C)(C)F)C(C)(C)F. The Labute approximate surface area is 219 Å². The van der Waals surface area contributed by atoms with Crippen molar-refractivity contribution in [2.24, 2.45) is 5.41 Å². The number of hydrogen-bond donors (Lipinski definition) is 3. The van der Waals surface area contributed by atoms with E-state index in [0.29, 0.717) is 5.56 Å². The summed E-state index contributed by atoms with van der Waals surface area (Å²) in [5.41, 5.74) is -11.8. The first-order chi connectivity index (χ1) is 17.1. The Morgan fingerprint density at radius 1 is 0.895 bits per heavy atom. The lowest BCUT2D eigenvalue weighted by Crippen LogP contribution is -2.68. The second-order valence-corrected chi connectivity index (χ2v) is 11.5. The number of ketones is 1. The van der Waals surface area contributed by atoms with Gasteiger partial charge in [0.15, 0.2) is 5.78 Å². The number of alkyl halides is 3. The molecule has 3 N–H and O–H groups in total. The van der Waals surface area contributed by atoms with Gasteiger partial charge in [-0.1, -0.05) is 30.3 Å². The van der Waals surface area contributed by atoms with Crippen LogP contribution in [0.1, 0.15) is 41.5 Å². The summed E-state index contributed by atoms with van der Waals surface area (Å²) in [6, 6.07) is 10.7. The molecule has 1 heterocycles. The van der Waals surface area contributed by atoms with Crippen LogP contribution in [0, 0.1) is 5.41 Å². The van der Waals surface area contributed by atoms with Gasteiger partial charge < -0.3 is 5.32 Å². The van der Waals surface area contributed by atoms with Gasteiger partial charge in [0, 0.05) is 0 Å². The van der Waals surface area contributed by atoms with E-state index < -0.39 is 68.8 Å². The lowest BCUT2D eigenvalue weighted by atomic mass is 9.55. The molecule has 0 unspecified atom stereocenters. The highest BCUT2D eigenvalue weighted by Crippen LogP contribution is 2.55. The number of rotatable bonds is 11. The minimum Gasteiger partial charge on any atom is -0.347 e. The molecule has 210 valence electrons. The molecule has 1 amide bonds. The van der Waals surface area contributed by atoms with Crippen molar-refractivity contribution in [2.75, 3.05) is 11.3 Å². The molecule has 0 aliphatic carbocycles. The van der Waals surface area contributed by atoms with Crippen LogP contribution in [0.3, 0.4) is 0 Å². The van der Waals surface area contributed by atoms with E-state index in [9.17, 15) is 22.8 Å². The maximum atomic E-state index is 15.4. The standard InChI is InChI=1S/C25H32F3N3O6S/c1-22(2,26)25(23(3,4)27,24(5,6)28)19(32)14-29-20(33)15-31-18(16-10-8-7-9-11-16)13-12-17(21(31)34)30-38(35,36)37/h7-13,30H,14-15H2,1-6H3,(H,29,33)(H,35,36,37). The van der Waals surface area contributed by atoms with E-state index >= 15 is 13.2 Å². The molecule has 0 fully saturated rings. The molecule has 0 spiro atoms. The Hall–Kier alpha value is -3.19. The van der Waals surface area contributed by atoms with Gasteiger partial charge in [0.05, 0.1) is 12.2 Å². The van der Waals surface area contributed by atoms with Crippen LogP contribution in [0.2, 0.25) is 0 Å². The number of nitrogens with one attached hydrogen (secondary N) is 2. The smallest absolute Gasteiger partial charge is 0.347 e. The molecule has 9 nitrogen and oxygen atoms in total. The number of halogens is 3. The first-order valence-electron chi connectivity index (χ1n) is 11.5. The first-order valence-corrected chi connectivity index (χ1v) is 13.0. The molecule has 0 bridgehead atoms. The molecule has 2 rings (SSSR count). The first kappa shape index (κ1) is 31.0. The molecule has 0 radical (unpaired) electrons. The zero-order chi connectivity index (χ0) is 29.3. The molecule has 0 aliphatic heterocycles. The lowest BCUT2D eigenvalue weighted by molar-refractivity contribution is -0.184. The highest BCUT2D eigenvalue weighted by atomic mass is 32.2. The average Bonchev–Trinajstić information content (AvgIpc) is 2.72. The zero-order valence-corrected chi connectivity index (χ0v) is 22.7. The number of carbonyl (C=O) groups is 2. The summed E-state index contributed by atoms with van der Waals surface area (Å²) in [7, 11) is -4.82. The fourth-order valence-corrected chi connectivity index (χ4v) is 5.87. The Morgan fingerprint density at radius 3 is 1.84 bits per heavy atom. The van der Waals surface area contributed by atoms with E-state index in [1.54, 1.807) is 35.1 Å². The molecule has 1 aromatic carbocycles. The highest BCUT2D eigenvalue weighted by molar-refractivity contribution is 7.87. The number of pyridine rings is 1. The number of nitrogens with zero attached hydrogens (tertiary/aromatic N) is 1. The van der Waals surface area contributed by atoms with Crippen LogP contribution in [-0.2, 0) is 26.4 Å². The molecule has 38 heavy (non-hydrogen) atoms. The van der Waals surface area contributed by atoms with Crippen molar-refractivity contribution in [3.8, 4) is 11.3 Å². The molecule has 1 aromatic heterocycles. The van der Waals surface area contributed by atoms with Crippen LogP contribution >= 0.6 is 0 Å². The second-order valence-electron chi connectivity index (χ2n) is 10.3. The normalized spacial score (nSPS) is 13.2. The van der Waals surface area contributed by atoms with Gasteiger partial charge in [0.2, 0.25) is 5.91 Å². The number of amides is 1. The van der Waals surface area contributed by atoms with Crippen LogP contribution in [-0.4, -0.2) is 52.8 Å². The van der Waals surface area contributed by atoms with Crippen molar-refractivity contribution in [2.45, 2.75) is 65.1 Å². The van der Waals surface area contributed by atoms with E-state index in [2.05, 4.69) is 5.32 Å². The predicted molar refractivity (Wildman–Crippen MR) is 137 cm³/mol. The third-order valence-electron chi connectivity index (χ3n) is 6.32. The fraction of sp³-hybridized carbons (Fsp3) is 0.480. The molecule has 0 aliphatic rings. The molecule has 0 atom stereocenters. The van der Waals surface area contributed by atoms with Gasteiger partial charge in [0.25, 0.3) is 5.56 Å². The van der Waals surface area contributed by atoms with Gasteiger partial charge in [-0.3, -0.25) is 28.2 Å². The molecule has 13 heteroatoms. The Morgan fingerprint density at radius 2 is 1.39 bits per heavy atom. The maximum Gasteiger partial charge on any atom is 0.357 e. The van der Waals surface area contributed by atoms with E-state index in [4.69, 9.17) is 4.55 Å². The minimum atomic E-state index is -4.82. The number of hydrogen-bond acceptors (Lipinski definition) is 5. The maximum absolute atomic E-state index is 15.4. The quantitative estimate of drug-likeness (QED) is 0.360. The van der Waals surface area contributed by atoms with Crippen molar-refractivity contribution in [1.82, 2.24) is 9.88 Å². The number of Topliss-reactive ketones (excluding diaryl/α,β-unsaturated/α-hetero) is 1. The Balaban J connectivity index is 2.46. The summed E-state index contributed by atoms with van der Waals surface area (Å²) >= 11 is 0. The van der Waals surface area contributed by atoms with Crippen molar-refractivity contribution in [3.05, 3.63) is 52.8 Å². The van der Waals surface area contributed by atoms with E-state index in [0.717, 1.165) is 52.2 Å². The van der Waals surface area contributed by atoms with Gasteiger partial charge >= 0.3 is 10.3 Å². The summed E-state index contributed by atoms with van der Waals surface area (Å²) < 4.78 is 80.2. The number of anilines is 1. The average molecular weight is 560 g/mol. The predicted octanol–water partition coefficient (Wildman–Crippen LogP) is 3.65. The third kappa shape index (κ3) is 6.26. The Kier molecular flexibility index (Phi) is 8.59. The van der Waals surface area contributed by atoms with E-state index in [1.165, 1.54) is 6.07 Å². The lowest BCUT2D eigenvalue weighted by Gasteiger charge is -2.52. The molecule has 2 aromatic rings. The largest absolute Gasteiger partial charge is 0.357 e. The zero-order valence-electron chi connectivity index (χ0n) is 21.9. The van der Waals surface area contributed by atoms with Crippen LogP contribution in [0.25, 0.3) is 11.3 Å². The summed E-state index contributed by atoms with van der Waals surface area (Å²) in [4.78, 5) is 39.1. The van der Waals surface area contributed by atoms with Crippen LogP contribution in [0.15, 0.2) is 47.3 Å². The monoisotopic (exact) mass is 559 g/mol. The van der Waals surface area contributed by atoms with Crippen LogP contribution < -0.4 is 15.6 Å². The van der Waals surface area contributed by atoms with Gasteiger partial charge in [-0.05, 0) is 59.2 Å². The van der Waals surface area contributed by atoms with Gasteiger partial charge in [-0.25, -0.2) is 13.2 Å². The molecular weight excluding hydrogens is 527 g/mol. The van der Waals surface area contributed by atoms with E-state index in [1.807, 2.05) is 0 Å². The molecule has 0 saturated heterocycles. The summed E-state index contributed by atoms with van der Waals surface area (Å²) in [5, 5.41) is 2.19. The topological polar surface area (TPSA) is 135 Å². The van der Waals surface area contributed by atoms with Crippen molar-refractivity contribution < 1.29 is 35.7 Å². The second kappa shape index (κ2) is 10.5. The highest BCUT2D eigenvalue weighted by Gasteiger charge is 2.69. The third-order valence-corrected chi connectivity index (χ3v) is 6.80. The van der Waals surface area contributed by atoms with Crippen molar-refractivity contribution in [3.63, 3.8) is 0 Å². The number of benzene rings is 1. The van der Waals surface area contributed by atoms with Crippen LogP contribution in [0.4, 0.5) is 18.9 Å². The van der Waals surface area contributed by atoms with Gasteiger partial charge in [-0.15, -0.1) is 0 Å². The molecular formula is C25H32F3N3O6S. The van der Waals surface area contributed by atoms with Crippen LogP contribution in [0.5, 0.6) is 0 Å². The summed E-state index contributed by atoms with van der Waals surface area (Å²) in [6.07, 6.45) is 0. The molecule has 0 saturated carbocycles. The Bertz CT molecular complexity index is 1320. The number of carbonyl (C=O) groups excluding carboxylic acids is 2. The number of aromatic nitrogens is 1. The van der Waals surface area contributed by atoms with E-state index in [-0.39, 0.29) is 5.69 Å². The van der Waals surface area contributed by atoms with Gasteiger partial charge in [0.1, 0.15) is 34.7 Å². The van der Waals surface area contributed by atoms with Crippen molar-refractivity contribution in [1.29, 1.82) is 0 Å². The summed E-state index contributed by atoms with van der Waals surface area (Å²) in [6.45, 7) is 3.60. The summed E-state index contributed by atoms with van der Waals surface area (Å²) in [5.74, 6) is -2.20.